The molecule has 1 amide bonds. The number of thiazole rings is 1. The Bertz CT molecular complexity index is 1170. The van der Waals surface area contributed by atoms with Gasteiger partial charge in [0.25, 0.3) is 5.91 Å². The highest BCUT2D eigenvalue weighted by Gasteiger charge is 2.36. The Hall–Kier alpha value is -2.85. The Morgan fingerprint density at radius 1 is 1.28 bits per heavy atom. The molecule has 1 unspecified atom stereocenters. The molecule has 29 heavy (non-hydrogen) atoms. The summed E-state index contributed by atoms with van der Waals surface area (Å²) in [6, 6.07) is 4.84. The van der Waals surface area contributed by atoms with Crippen molar-refractivity contribution in [2.45, 2.75) is 19.1 Å². The minimum Gasteiger partial charge on any atom is -0.481 e. The summed E-state index contributed by atoms with van der Waals surface area (Å²) in [6.45, 7) is -0.231. The van der Waals surface area contributed by atoms with Gasteiger partial charge in [-0.1, -0.05) is 11.6 Å². The number of hydrogen-bond acceptors (Lipinski definition) is 5. The van der Waals surface area contributed by atoms with Gasteiger partial charge < -0.3 is 9.84 Å². The van der Waals surface area contributed by atoms with E-state index in [-0.39, 0.29) is 33.2 Å². The van der Waals surface area contributed by atoms with Gasteiger partial charge >= 0.3 is 5.97 Å². The van der Waals surface area contributed by atoms with Crippen molar-refractivity contribution in [3.05, 3.63) is 51.7 Å². The first-order valence-electron chi connectivity index (χ1n) is 8.17. The van der Waals surface area contributed by atoms with E-state index in [0.29, 0.717) is 22.4 Å². The fourth-order valence-electron chi connectivity index (χ4n) is 2.98. The molecule has 1 N–H and O–H groups in total. The van der Waals surface area contributed by atoms with E-state index in [2.05, 4.69) is 4.98 Å². The molecule has 2 heterocycles. The van der Waals surface area contributed by atoms with Crippen molar-refractivity contribution in [2.75, 3.05) is 4.90 Å². The van der Waals surface area contributed by atoms with E-state index in [0.717, 1.165) is 0 Å². The highest BCUT2D eigenvalue weighted by atomic mass is 35.5. The zero-order chi connectivity index (χ0) is 20.9. The molecular formula is C18H10ClF3N2O4S. The number of nitrogens with zero attached hydrogens (tertiary/aromatic N) is 2. The summed E-state index contributed by atoms with van der Waals surface area (Å²) in [6.07, 6.45) is -1.87. The minimum absolute atomic E-state index is 0.124. The van der Waals surface area contributed by atoms with E-state index >= 15 is 0 Å². The monoisotopic (exact) mass is 442 g/mol. The highest BCUT2D eigenvalue weighted by Crippen LogP contribution is 2.39. The van der Waals surface area contributed by atoms with Gasteiger partial charge in [0.05, 0.1) is 23.4 Å². The second kappa shape index (κ2) is 7.20. The number of carbonyl (C=O) groups is 2. The summed E-state index contributed by atoms with van der Waals surface area (Å²) in [5.74, 6) is -5.28. The molecule has 0 saturated heterocycles. The first-order valence-corrected chi connectivity index (χ1v) is 9.36. The number of rotatable bonds is 4. The zero-order valence-corrected chi connectivity index (χ0v) is 15.9. The number of carbonyl (C=O) groups excluding carboxylic acids is 1. The van der Waals surface area contributed by atoms with Gasteiger partial charge in [-0.25, -0.2) is 18.2 Å². The van der Waals surface area contributed by atoms with Crippen LogP contribution in [0.2, 0.25) is 5.02 Å². The number of carboxylic acid groups (broad SMARTS) is 1. The smallest absolute Gasteiger partial charge is 0.307 e. The van der Waals surface area contributed by atoms with E-state index in [1.165, 1.54) is 23.1 Å². The van der Waals surface area contributed by atoms with Crippen molar-refractivity contribution in [3.63, 3.8) is 0 Å². The third-order valence-electron chi connectivity index (χ3n) is 4.24. The van der Waals surface area contributed by atoms with Crippen LogP contribution in [0, 0.1) is 17.5 Å². The lowest BCUT2D eigenvalue weighted by Gasteiger charge is -2.33. The SMILES string of the molecule is O=C(O)CC1Oc2ccc(Cl)cc2N(Cc2nc3c(F)cc(F)c(F)c3s2)C1=O. The maximum Gasteiger partial charge on any atom is 0.307 e. The lowest BCUT2D eigenvalue weighted by molar-refractivity contribution is -0.142. The Morgan fingerprint density at radius 3 is 2.76 bits per heavy atom. The molecule has 4 rings (SSSR count). The van der Waals surface area contributed by atoms with Crippen LogP contribution in [0.25, 0.3) is 10.2 Å². The average molecular weight is 443 g/mol. The minimum atomic E-state index is -1.34. The summed E-state index contributed by atoms with van der Waals surface area (Å²) < 4.78 is 46.6. The van der Waals surface area contributed by atoms with Crippen molar-refractivity contribution in [1.29, 1.82) is 0 Å². The lowest BCUT2D eigenvalue weighted by Crippen LogP contribution is -2.46. The molecule has 0 saturated carbocycles. The van der Waals surface area contributed by atoms with Gasteiger partial charge in [0.2, 0.25) is 0 Å². The quantitative estimate of drug-likeness (QED) is 0.614. The maximum atomic E-state index is 14.0. The van der Waals surface area contributed by atoms with Crippen LogP contribution < -0.4 is 9.64 Å². The second-order valence-electron chi connectivity index (χ2n) is 6.18. The lowest BCUT2D eigenvalue weighted by atomic mass is 10.1. The van der Waals surface area contributed by atoms with Crippen molar-refractivity contribution >= 4 is 50.7 Å². The first kappa shape index (κ1) is 19.5. The van der Waals surface area contributed by atoms with Crippen LogP contribution in [-0.4, -0.2) is 28.1 Å². The van der Waals surface area contributed by atoms with Gasteiger partial charge in [0, 0.05) is 11.1 Å². The molecular weight excluding hydrogens is 433 g/mol. The van der Waals surface area contributed by atoms with Gasteiger partial charge in [-0.3, -0.25) is 14.5 Å². The van der Waals surface area contributed by atoms with Crippen LogP contribution in [0.1, 0.15) is 11.4 Å². The van der Waals surface area contributed by atoms with Crippen LogP contribution >= 0.6 is 22.9 Å². The van der Waals surface area contributed by atoms with Gasteiger partial charge in [0.1, 0.15) is 16.3 Å². The Kier molecular flexibility index (Phi) is 4.83. The summed E-state index contributed by atoms with van der Waals surface area (Å²) in [7, 11) is 0. The summed E-state index contributed by atoms with van der Waals surface area (Å²) in [5, 5.41) is 9.45. The molecule has 150 valence electrons. The van der Waals surface area contributed by atoms with Crippen molar-refractivity contribution in [2.24, 2.45) is 0 Å². The maximum absolute atomic E-state index is 14.0. The molecule has 6 nitrogen and oxygen atoms in total. The summed E-state index contributed by atoms with van der Waals surface area (Å²) in [4.78, 5) is 29.0. The van der Waals surface area contributed by atoms with E-state index in [1.807, 2.05) is 0 Å². The van der Waals surface area contributed by atoms with Crippen molar-refractivity contribution < 1.29 is 32.6 Å². The third kappa shape index (κ3) is 3.49. The molecule has 1 atom stereocenters. The molecule has 11 heteroatoms. The van der Waals surface area contributed by atoms with Crippen LogP contribution in [-0.2, 0) is 16.1 Å². The number of carboxylic acids is 1. The van der Waals surface area contributed by atoms with E-state index in [9.17, 15) is 22.8 Å². The van der Waals surface area contributed by atoms with Gasteiger partial charge in [0.15, 0.2) is 23.6 Å². The number of halogens is 4. The molecule has 1 aliphatic heterocycles. The molecule has 0 fully saturated rings. The predicted octanol–water partition coefficient (Wildman–Crippen LogP) is 4.14. The zero-order valence-electron chi connectivity index (χ0n) is 14.3. The Labute approximate surface area is 170 Å². The molecule has 3 aromatic rings. The van der Waals surface area contributed by atoms with Gasteiger partial charge in [-0.05, 0) is 18.2 Å². The number of fused-ring (bicyclic) bond motifs is 2. The van der Waals surface area contributed by atoms with E-state index in [4.69, 9.17) is 21.4 Å². The summed E-state index contributed by atoms with van der Waals surface area (Å²) >= 11 is 6.69. The molecule has 2 aromatic carbocycles. The Morgan fingerprint density at radius 2 is 2.03 bits per heavy atom. The number of benzene rings is 2. The standard InChI is InChI=1S/C18H10ClF3N2O4S/c19-7-1-2-11-10(3-7)24(18(27)12(28-11)5-14(25)26)6-13-23-16-9(21)4-8(20)15(22)17(16)29-13/h1-4,12H,5-6H2,(H,25,26). The normalized spacial score (nSPS) is 16.1. The average Bonchev–Trinajstić information content (AvgIpc) is 3.08. The number of anilines is 1. The number of ether oxygens (including phenoxy) is 1. The van der Waals surface area contributed by atoms with Crippen LogP contribution in [0.3, 0.4) is 0 Å². The molecule has 0 aliphatic carbocycles. The third-order valence-corrected chi connectivity index (χ3v) is 5.50. The topological polar surface area (TPSA) is 79.7 Å². The van der Waals surface area contributed by atoms with Gasteiger partial charge in [-0.2, -0.15) is 0 Å². The van der Waals surface area contributed by atoms with Crippen LogP contribution in [0.5, 0.6) is 5.75 Å². The number of hydrogen-bond donors (Lipinski definition) is 1. The van der Waals surface area contributed by atoms with Crippen molar-refractivity contribution in [3.8, 4) is 5.75 Å². The van der Waals surface area contributed by atoms with E-state index in [1.54, 1.807) is 0 Å². The number of amides is 1. The fourth-order valence-corrected chi connectivity index (χ4v) is 4.14. The molecule has 0 spiro atoms. The fraction of sp³-hybridized carbons (Fsp3) is 0.167. The number of aromatic nitrogens is 1. The predicted molar refractivity (Wildman–Crippen MR) is 98.8 cm³/mol. The molecule has 1 aliphatic rings. The Balaban J connectivity index is 1.77. The molecule has 0 radical (unpaired) electrons. The highest BCUT2D eigenvalue weighted by molar-refractivity contribution is 7.18. The van der Waals surface area contributed by atoms with Gasteiger partial charge in [-0.15, -0.1) is 11.3 Å². The van der Waals surface area contributed by atoms with Crippen LogP contribution in [0.15, 0.2) is 24.3 Å². The largest absolute Gasteiger partial charge is 0.481 e. The van der Waals surface area contributed by atoms with E-state index < -0.39 is 41.9 Å². The van der Waals surface area contributed by atoms with Crippen molar-refractivity contribution in [1.82, 2.24) is 4.98 Å². The summed E-state index contributed by atoms with van der Waals surface area (Å²) in [5.41, 5.74) is -0.0893. The number of aliphatic carboxylic acids is 1. The first-order chi connectivity index (χ1) is 13.7. The van der Waals surface area contributed by atoms with Crippen LogP contribution in [0.4, 0.5) is 18.9 Å². The second-order valence-corrected chi connectivity index (χ2v) is 7.70. The molecule has 1 aromatic heterocycles. The molecule has 0 bridgehead atoms.